The summed E-state index contributed by atoms with van der Waals surface area (Å²) in [7, 11) is 0. The van der Waals surface area contributed by atoms with Crippen molar-refractivity contribution in [3.8, 4) is 0 Å². The number of hydrogen-bond donors (Lipinski definition) is 2. The normalized spacial score (nSPS) is 48.2. The van der Waals surface area contributed by atoms with Crippen molar-refractivity contribution in [3.05, 3.63) is 0 Å². The fourth-order valence-corrected chi connectivity index (χ4v) is 5.25. The molecule has 3 saturated carbocycles. The molecule has 2 bridgehead atoms. The van der Waals surface area contributed by atoms with E-state index in [9.17, 15) is 14.7 Å². The maximum absolute atomic E-state index is 12.4. The molecule has 4 fully saturated rings. The quantitative estimate of drug-likeness (QED) is 0.807. The molecular weight excluding hydrogens is 256 g/mol. The smallest absolute Gasteiger partial charge is 0.329 e. The van der Waals surface area contributed by atoms with Gasteiger partial charge in [-0.1, -0.05) is 0 Å². The van der Waals surface area contributed by atoms with Crippen LogP contribution in [0.3, 0.4) is 0 Å². The van der Waals surface area contributed by atoms with Crippen LogP contribution < -0.4 is 5.32 Å². The fourth-order valence-electron chi connectivity index (χ4n) is 5.25. The summed E-state index contributed by atoms with van der Waals surface area (Å²) in [6.07, 6.45) is 5.35. The van der Waals surface area contributed by atoms with Gasteiger partial charge in [0.05, 0.1) is 0 Å². The molecule has 0 radical (unpaired) electrons. The van der Waals surface area contributed by atoms with E-state index < -0.39 is 11.5 Å². The maximum atomic E-state index is 12.4. The van der Waals surface area contributed by atoms with E-state index in [4.69, 9.17) is 0 Å². The zero-order chi connectivity index (χ0) is 14.1. The molecule has 1 saturated heterocycles. The molecule has 5 nitrogen and oxygen atoms in total. The number of nitrogens with one attached hydrogen (secondary N) is 1. The zero-order valence-corrected chi connectivity index (χ0v) is 11.8. The fraction of sp³-hybridized carbons (Fsp3) is 0.867. The van der Waals surface area contributed by atoms with Crippen LogP contribution in [-0.4, -0.2) is 40.1 Å². The SMILES string of the molecule is CC1(C(=O)O)CCCN1C(=O)NC1C2C3CCC(C3)C12. The first-order chi connectivity index (χ1) is 9.52. The monoisotopic (exact) mass is 278 g/mol. The lowest BCUT2D eigenvalue weighted by Crippen LogP contribution is -2.54. The molecule has 1 aliphatic heterocycles. The Morgan fingerprint density at radius 1 is 1.25 bits per heavy atom. The average Bonchev–Trinajstić information content (AvgIpc) is 2.81. The number of amides is 2. The standard InChI is InChI=1S/C15H22N2O3/c1-15(13(18)19)5-2-6-17(15)14(20)16-12-10-8-3-4-9(7-8)11(10)12/h8-12H,2-7H2,1H3,(H,16,20)(H,18,19). The van der Waals surface area contributed by atoms with Crippen LogP contribution in [0.4, 0.5) is 4.79 Å². The van der Waals surface area contributed by atoms with Crippen LogP contribution in [0.2, 0.25) is 0 Å². The van der Waals surface area contributed by atoms with E-state index in [0.717, 1.165) is 18.3 Å². The van der Waals surface area contributed by atoms with Gasteiger partial charge < -0.3 is 15.3 Å². The summed E-state index contributed by atoms with van der Waals surface area (Å²) in [5.74, 6) is 2.13. The molecule has 4 aliphatic rings. The topological polar surface area (TPSA) is 69.6 Å². The second-order valence-electron chi connectivity index (χ2n) is 7.30. The van der Waals surface area contributed by atoms with Crippen LogP contribution in [0.5, 0.6) is 0 Å². The summed E-state index contributed by atoms with van der Waals surface area (Å²) < 4.78 is 0. The number of hydrogen-bond acceptors (Lipinski definition) is 2. The van der Waals surface area contributed by atoms with E-state index in [2.05, 4.69) is 5.32 Å². The molecule has 0 aromatic carbocycles. The molecule has 0 aromatic heterocycles. The molecule has 2 N–H and O–H groups in total. The highest BCUT2D eigenvalue weighted by Gasteiger charge is 2.65. The van der Waals surface area contributed by atoms with E-state index in [0.29, 0.717) is 30.8 Å². The Labute approximate surface area is 118 Å². The number of carboxylic acids is 1. The van der Waals surface area contributed by atoms with Gasteiger partial charge in [0, 0.05) is 12.6 Å². The van der Waals surface area contributed by atoms with Crippen molar-refractivity contribution in [1.82, 2.24) is 10.2 Å². The number of likely N-dealkylation sites (tertiary alicyclic amines) is 1. The first-order valence-corrected chi connectivity index (χ1v) is 7.84. The third-order valence-corrected chi connectivity index (χ3v) is 6.37. The second kappa shape index (κ2) is 3.89. The molecule has 5 atom stereocenters. The van der Waals surface area contributed by atoms with Gasteiger partial charge in [0.25, 0.3) is 0 Å². The van der Waals surface area contributed by atoms with Gasteiger partial charge in [-0.2, -0.15) is 0 Å². The lowest BCUT2D eigenvalue weighted by atomic mass is 10.00. The molecule has 0 spiro atoms. The lowest BCUT2D eigenvalue weighted by Gasteiger charge is -2.31. The minimum absolute atomic E-state index is 0.161. The van der Waals surface area contributed by atoms with E-state index in [1.807, 2.05) is 0 Å². The molecular formula is C15H22N2O3. The highest BCUT2D eigenvalue weighted by atomic mass is 16.4. The summed E-state index contributed by atoms with van der Waals surface area (Å²) >= 11 is 0. The van der Waals surface area contributed by atoms with Crippen molar-refractivity contribution >= 4 is 12.0 Å². The molecule has 3 aliphatic carbocycles. The number of carbonyl (C=O) groups excluding carboxylic acids is 1. The molecule has 5 heteroatoms. The Morgan fingerprint density at radius 3 is 2.50 bits per heavy atom. The van der Waals surface area contributed by atoms with Gasteiger partial charge in [0.1, 0.15) is 5.54 Å². The first kappa shape index (κ1) is 12.5. The number of nitrogens with zero attached hydrogens (tertiary/aromatic N) is 1. The highest BCUT2D eigenvalue weighted by molar-refractivity contribution is 5.87. The van der Waals surface area contributed by atoms with Crippen molar-refractivity contribution in [1.29, 1.82) is 0 Å². The summed E-state index contributed by atoms with van der Waals surface area (Å²) in [6.45, 7) is 2.23. The molecule has 1 heterocycles. The highest BCUT2D eigenvalue weighted by Crippen LogP contribution is 2.65. The predicted octanol–water partition coefficient (Wildman–Crippen LogP) is 1.68. The summed E-state index contributed by atoms with van der Waals surface area (Å²) in [6, 6.07) is 0.165. The van der Waals surface area contributed by atoms with Crippen LogP contribution in [0, 0.1) is 23.7 Å². The number of carboxylic acid groups (broad SMARTS) is 1. The van der Waals surface area contributed by atoms with Gasteiger partial charge in [0.15, 0.2) is 0 Å². The van der Waals surface area contributed by atoms with Crippen molar-refractivity contribution in [2.75, 3.05) is 6.54 Å². The van der Waals surface area contributed by atoms with Gasteiger partial charge in [-0.3, -0.25) is 0 Å². The minimum atomic E-state index is -1.02. The van der Waals surface area contributed by atoms with Crippen LogP contribution in [0.1, 0.15) is 39.0 Å². The molecule has 4 rings (SSSR count). The average molecular weight is 278 g/mol. The van der Waals surface area contributed by atoms with Crippen molar-refractivity contribution in [2.45, 2.75) is 50.6 Å². The summed E-state index contributed by atoms with van der Waals surface area (Å²) in [5, 5.41) is 12.5. The molecule has 2 amide bonds. The Bertz CT molecular complexity index is 464. The number of rotatable bonds is 2. The van der Waals surface area contributed by atoms with Crippen LogP contribution in [0.25, 0.3) is 0 Å². The minimum Gasteiger partial charge on any atom is -0.480 e. The number of carbonyl (C=O) groups is 2. The Morgan fingerprint density at radius 2 is 1.90 bits per heavy atom. The summed E-state index contributed by atoms with van der Waals surface area (Å²) in [5.41, 5.74) is -1.02. The van der Waals surface area contributed by atoms with E-state index in [1.165, 1.54) is 24.2 Å². The van der Waals surface area contributed by atoms with E-state index in [1.54, 1.807) is 6.92 Å². The number of aliphatic carboxylic acids is 1. The van der Waals surface area contributed by atoms with Crippen LogP contribution >= 0.6 is 0 Å². The molecule has 5 unspecified atom stereocenters. The van der Waals surface area contributed by atoms with Crippen LogP contribution in [-0.2, 0) is 4.79 Å². The van der Waals surface area contributed by atoms with Crippen molar-refractivity contribution in [3.63, 3.8) is 0 Å². The van der Waals surface area contributed by atoms with Gasteiger partial charge in [-0.15, -0.1) is 0 Å². The van der Waals surface area contributed by atoms with Gasteiger partial charge in [-0.25, -0.2) is 9.59 Å². The Hall–Kier alpha value is -1.26. The molecule has 110 valence electrons. The Kier molecular flexibility index (Phi) is 2.43. The second-order valence-corrected chi connectivity index (χ2v) is 7.30. The Balaban J connectivity index is 1.43. The van der Waals surface area contributed by atoms with Gasteiger partial charge in [0.2, 0.25) is 0 Å². The molecule has 0 aromatic rings. The maximum Gasteiger partial charge on any atom is 0.329 e. The van der Waals surface area contributed by atoms with Gasteiger partial charge >= 0.3 is 12.0 Å². The third-order valence-electron chi connectivity index (χ3n) is 6.37. The van der Waals surface area contributed by atoms with E-state index >= 15 is 0 Å². The first-order valence-electron chi connectivity index (χ1n) is 7.84. The molecule has 20 heavy (non-hydrogen) atoms. The van der Waals surface area contributed by atoms with Crippen LogP contribution in [0.15, 0.2) is 0 Å². The third kappa shape index (κ3) is 1.49. The number of fused-ring (bicyclic) bond motifs is 5. The van der Waals surface area contributed by atoms with Gasteiger partial charge in [-0.05, 0) is 62.7 Å². The lowest BCUT2D eigenvalue weighted by molar-refractivity contribution is -0.147. The van der Waals surface area contributed by atoms with E-state index in [-0.39, 0.29) is 6.03 Å². The predicted molar refractivity (Wildman–Crippen MR) is 72.1 cm³/mol. The van der Waals surface area contributed by atoms with Crippen molar-refractivity contribution in [2.24, 2.45) is 23.7 Å². The number of urea groups is 1. The zero-order valence-electron chi connectivity index (χ0n) is 11.8. The summed E-state index contributed by atoms with van der Waals surface area (Å²) in [4.78, 5) is 25.4. The largest absolute Gasteiger partial charge is 0.480 e. The van der Waals surface area contributed by atoms with Crippen molar-refractivity contribution < 1.29 is 14.7 Å².